The van der Waals surface area contributed by atoms with Gasteiger partial charge in [-0.05, 0) is 88.4 Å². The van der Waals surface area contributed by atoms with Crippen molar-refractivity contribution in [2.75, 3.05) is 0 Å². The summed E-state index contributed by atoms with van der Waals surface area (Å²) in [4.78, 5) is 15.5. The number of aromatic nitrogens is 3. The SMILES string of the molecule is CCCC(CC)c1cc(-c2nc(-c3ccccc3)nc(-c3cccc(-c4ccccc4)c3)n2)cc(-c2cccc(C(C)(C)c3ccccc3)c2C)c1. The summed E-state index contributed by atoms with van der Waals surface area (Å²) in [6.07, 6.45) is 3.33. The zero-order chi connectivity index (χ0) is 36.1. The molecule has 7 rings (SSSR count). The van der Waals surface area contributed by atoms with Gasteiger partial charge in [0.05, 0.1) is 0 Å². The number of hydrogen-bond acceptors (Lipinski definition) is 3. The first-order chi connectivity index (χ1) is 25.4. The lowest BCUT2D eigenvalue weighted by Crippen LogP contribution is -2.20. The van der Waals surface area contributed by atoms with E-state index < -0.39 is 0 Å². The van der Waals surface area contributed by atoms with Crippen LogP contribution in [0.4, 0.5) is 0 Å². The maximum absolute atomic E-state index is 5.24. The molecule has 0 saturated heterocycles. The standard InChI is InChI=1S/C49H47N3/c1-6-19-35(7-2)40-31-41(44-28-18-29-45(34(44)3)49(4,5)43-26-15-10-16-27-43)33-42(32-40)48-51-46(37-22-13-9-14-23-37)50-47(52-48)39-25-17-24-38(30-39)36-20-11-8-12-21-36/h8-18,20-33,35H,6-7,19H2,1-5H3. The third kappa shape index (κ3) is 7.22. The van der Waals surface area contributed by atoms with E-state index in [1.165, 1.54) is 33.4 Å². The molecule has 0 aliphatic rings. The summed E-state index contributed by atoms with van der Waals surface area (Å²) in [6, 6.07) is 53.9. The van der Waals surface area contributed by atoms with Gasteiger partial charge in [-0.25, -0.2) is 15.0 Å². The van der Waals surface area contributed by atoms with E-state index in [1.807, 2.05) is 24.3 Å². The van der Waals surface area contributed by atoms with Crippen LogP contribution >= 0.6 is 0 Å². The maximum atomic E-state index is 5.24. The van der Waals surface area contributed by atoms with E-state index in [4.69, 9.17) is 15.0 Å². The molecule has 0 aliphatic carbocycles. The molecule has 0 saturated carbocycles. The van der Waals surface area contributed by atoms with Crippen molar-refractivity contribution in [3.05, 3.63) is 174 Å². The number of hydrogen-bond donors (Lipinski definition) is 0. The monoisotopic (exact) mass is 677 g/mol. The lowest BCUT2D eigenvalue weighted by molar-refractivity contribution is 0.596. The summed E-state index contributed by atoms with van der Waals surface area (Å²) in [7, 11) is 0. The predicted molar refractivity (Wildman–Crippen MR) is 218 cm³/mol. The quantitative estimate of drug-likeness (QED) is 0.137. The van der Waals surface area contributed by atoms with Crippen molar-refractivity contribution in [3.63, 3.8) is 0 Å². The highest BCUT2D eigenvalue weighted by Gasteiger charge is 2.26. The molecule has 6 aromatic carbocycles. The summed E-state index contributed by atoms with van der Waals surface area (Å²) in [5.74, 6) is 2.45. The van der Waals surface area contributed by atoms with Crippen LogP contribution in [0.1, 0.15) is 75.1 Å². The molecule has 0 bridgehead atoms. The third-order valence-corrected chi connectivity index (χ3v) is 10.5. The van der Waals surface area contributed by atoms with Gasteiger partial charge in [0.2, 0.25) is 0 Å². The largest absolute Gasteiger partial charge is 0.208 e. The van der Waals surface area contributed by atoms with E-state index in [-0.39, 0.29) is 5.41 Å². The van der Waals surface area contributed by atoms with Crippen LogP contribution in [0.15, 0.2) is 152 Å². The molecule has 52 heavy (non-hydrogen) atoms. The van der Waals surface area contributed by atoms with Crippen LogP contribution in [0.3, 0.4) is 0 Å². The van der Waals surface area contributed by atoms with Crippen LogP contribution in [-0.2, 0) is 5.41 Å². The minimum Gasteiger partial charge on any atom is -0.208 e. The molecule has 3 nitrogen and oxygen atoms in total. The van der Waals surface area contributed by atoms with E-state index in [0.29, 0.717) is 23.4 Å². The number of benzene rings is 6. The normalized spacial score (nSPS) is 12.1. The van der Waals surface area contributed by atoms with Crippen LogP contribution < -0.4 is 0 Å². The molecule has 0 spiro atoms. The van der Waals surface area contributed by atoms with E-state index >= 15 is 0 Å². The first kappa shape index (κ1) is 34.8. The van der Waals surface area contributed by atoms with E-state index in [9.17, 15) is 0 Å². The van der Waals surface area contributed by atoms with Gasteiger partial charge in [-0.15, -0.1) is 0 Å². The maximum Gasteiger partial charge on any atom is 0.164 e. The molecule has 7 aromatic rings. The van der Waals surface area contributed by atoms with Gasteiger partial charge in [0.1, 0.15) is 0 Å². The molecule has 0 N–H and O–H groups in total. The molecule has 0 radical (unpaired) electrons. The Labute approximate surface area is 309 Å². The fourth-order valence-corrected chi connectivity index (χ4v) is 7.58. The zero-order valence-electron chi connectivity index (χ0n) is 31.0. The first-order valence-corrected chi connectivity index (χ1v) is 18.6. The Morgan fingerprint density at radius 1 is 0.500 bits per heavy atom. The predicted octanol–water partition coefficient (Wildman–Crippen LogP) is 13.1. The summed E-state index contributed by atoms with van der Waals surface area (Å²) in [6.45, 7) is 11.5. The Bertz CT molecular complexity index is 2270. The molecule has 1 aromatic heterocycles. The van der Waals surface area contributed by atoms with Crippen LogP contribution in [0, 0.1) is 6.92 Å². The van der Waals surface area contributed by atoms with Crippen LogP contribution in [0.25, 0.3) is 56.4 Å². The zero-order valence-corrected chi connectivity index (χ0v) is 31.0. The smallest absolute Gasteiger partial charge is 0.164 e. The lowest BCUT2D eigenvalue weighted by Gasteiger charge is -2.29. The topological polar surface area (TPSA) is 38.7 Å². The molecule has 1 heterocycles. The summed E-state index contributed by atoms with van der Waals surface area (Å²) >= 11 is 0. The Kier molecular flexibility index (Phi) is 10.2. The molecule has 1 unspecified atom stereocenters. The summed E-state index contributed by atoms with van der Waals surface area (Å²) in [5.41, 5.74) is 12.8. The molecular formula is C49H47N3. The fourth-order valence-electron chi connectivity index (χ4n) is 7.58. The second kappa shape index (κ2) is 15.3. The van der Waals surface area contributed by atoms with Gasteiger partial charge in [0.15, 0.2) is 17.5 Å². The lowest BCUT2D eigenvalue weighted by atomic mass is 9.75. The number of rotatable bonds is 11. The molecule has 0 aliphatic heterocycles. The van der Waals surface area contributed by atoms with Crippen molar-refractivity contribution < 1.29 is 0 Å². The Balaban J connectivity index is 1.42. The second-order valence-corrected chi connectivity index (χ2v) is 14.3. The van der Waals surface area contributed by atoms with E-state index in [0.717, 1.165) is 47.1 Å². The van der Waals surface area contributed by atoms with Crippen molar-refractivity contribution >= 4 is 0 Å². The van der Waals surface area contributed by atoms with Gasteiger partial charge in [-0.3, -0.25) is 0 Å². The molecule has 0 fully saturated rings. The Morgan fingerprint density at radius 3 is 1.67 bits per heavy atom. The minimum absolute atomic E-state index is 0.155. The minimum atomic E-state index is -0.155. The van der Waals surface area contributed by atoms with Gasteiger partial charge >= 0.3 is 0 Å². The van der Waals surface area contributed by atoms with Crippen molar-refractivity contribution in [3.8, 4) is 56.4 Å². The van der Waals surface area contributed by atoms with Gasteiger partial charge in [0, 0.05) is 22.1 Å². The van der Waals surface area contributed by atoms with Crippen LogP contribution in [-0.4, -0.2) is 15.0 Å². The second-order valence-electron chi connectivity index (χ2n) is 14.3. The summed E-state index contributed by atoms with van der Waals surface area (Å²) < 4.78 is 0. The molecule has 3 heteroatoms. The summed E-state index contributed by atoms with van der Waals surface area (Å²) in [5, 5.41) is 0. The highest BCUT2D eigenvalue weighted by molar-refractivity contribution is 5.77. The molecule has 0 amide bonds. The van der Waals surface area contributed by atoms with Gasteiger partial charge in [-0.1, -0.05) is 168 Å². The van der Waals surface area contributed by atoms with Crippen LogP contribution in [0.5, 0.6) is 0 Å². The molecular weight excluding hydrogens is 631 g/mol. The third-order valence-electron chi connectivity index (χ3n) is 10.5. The van der Waals surface area contributed by atoms with Gasteiger partial charge in [-0.2, -0.15) is 0 Å². The number of nitrogens with zero attached hydrogens (tertiary/aromatic N) is 3. The average molecular weight is 678 g/mol. The van der Waals surface area contributed by atoms with Gasteiger partial charge < -0.3 is 0 Å². The molecule has 258 valence electrons. The van der Waals surface area contributed by atoms with Crippen molar-refractivity contribution in [2.45, 2.75) is 65.2 Å². The Morgan fingerprint density at radius 2 is 1.02 bits per heavy atom. The first-order valence-electron chi connectivity index (χ1n) is 18.6. The van der Waals surface area contributed by atoms with E-state index in [2.05, 4.69) is 162 Å². The van der Waals surface area contributed by atoms with Crippen molar-refractivity contribution in [2.24, 2.45) is 0 Å². The van der Waals surface area contributed by atoms with E-state index in [1.54, 1.807) is 0 Å². The fraction of sp³-hybridized carbons (Fsp3) is 0.204. The van der Waals surface area contributed by atoms with Gasteiger partial charge in [0.25, 0.3) is 0 Å². The van der Waals surface area contributed by atoms with Crippen LogP contribution in [0.2, 0.25) is 0 Å². The highest BCUT2D eigenvalue weighted by atomic mass is 15.0. The average Bonchev–Trinajstić information content (AvgIpc) is 3.20. The highest BCUT2D eigenvalue weighted by Crippen LogP contribution is 2.40. The molecule has 1 atom stereocenters. The Hall–Kier alpha value is -5.67. The van der Waals surface area contributed by atoms with Crippen molar-refractivity contribution in [1.29, 1.82) is 0 Å². The van der Waals surface area contributed by atoms with Crippen molar-refractivity contribution in [1.82, 2.24) is 15.0 Å².